The second-order valence-electron chi connectivity index (χ2n) is 4.75. The zero-order valence-corrected chi connectivity index (χ0v) is 13.0. The summed E-state index contributed by atoms with van der Waals surface area (Å²) in [5.74, 6) is -0.423. The van der Waals surface area contributed by atoms with Crippen LogP contribution in [0.15, 0.2) is 28.7 Å². The van der Waals surface area contributed by atoms with Gasteiger partial charge in [0.25, 0.3) is 0 Å². The summed E-state index contributed by atoms with van der Waals surface area (Å²) in [6.07, 6.45) is -1.48. The van der Waals surface area contributed by atoms with Gasteiger partial charge in [-0.2, -0.15) is 0 Å². The number of alkyl carbamates (subject to hydrolysis) is 1. The molecule has 23 heavy (non-hydrogen) atoms. The van der Waals surface area contributed by atoms with Crippen molar-refractivity contribution in [3.63, 3.8) is 0 Å². The van der Waals surface area contributed by atoms with E-state index in [9.17, 15) is 14.7 Å². The fourth-order valence-corrected chi connectivity index (χ4v) is 2.05. The van der Waals surface area contributed by atoms with Crippen LogP contribution in [0.2, 0.25) is 0 Å². The van der Waals surface area contributed by atoms with E-state index < -0.39 is 18.2 Å². The highest BCUT2D eigenvalue weighted by Gasteiger charge is 2.15. The molecule has 0 fully saturated rings. The van der Waals surface area contributed by atoms with Crippen molar-refractivity contribution < 1.29 is 28.6 Å². The minimum absolute atomic E-state index is 0.0208. The highest BCUT2D eigenvalue weighted by Crippen LogP contribution is 2.24. The first-order chi connectivity index (χ1) is 11.0. The largest absolute Gasteiger partial charge is 0.460 e. The number of ether oxygens (including phenoxy) is 2. The van der Waals surface area contributed by atoms with Crippen LogP contribution in [0, 0.1) is 0 Å². The van der Waals surface area contributed by atoms with Gasteiger partial charge in [-0.1, -0.05) is 6.07 Å². The quantitative estimate of drug-likeness (QED) is 0.793. The van der Waals surface area contributed by atoms with Gasteiger partial charge < -0.3 is 24.3 Å². The highest BCUT2D eigenvalue weighted by atomic mass is 16.5. The Labute approximate surface area is 133 Å². The maximum absolute atomic E-state index is 11.6. The van der Waals surface area contributed by atoms with E-state index in [1.165, 1.54) is 0 Å². The molecule has 124 valence electrons. The number of fused-ring (bicyclic) bond motifs is 1. The van der Waals surface area contributed by atoms with E-state index in [0.717, 1.165) is 0 Å². The third-order valence-corrected chi connectivity index (χ3v) is 3.12. The van der Waals surface area contributed by atoms with Gasteiger partial charge in [0.1, 0.15) is 5.58 Å². The third kappa shape index (κ3) is 4.23. The number of hydrogen-bond acceptors (Lipinski definition) is 6. The first-order valence-corrected chi connectivity index (χ1v) is 7.34. The second-order valence-corrected chi connectivity index (χ2v) is 4.75. The number of furan rings is 1. The molecule has 2 aromatic rings. The van der Waals surface area contributed by atoms with E-state index in [-0.39, 0.29) is 25.5 Å². The molecule has 2 rings (SSSR count). The molecule has 1 unspecified atom stereocenters. The lowest BCUT2D eigenvalue weighted by atomic mass is 10.1. The first kappa shape index (κ1) is 16.8. The number of aliphatic hydroxyl groups excluding tert-OH is 1. The molecule has 1 amide bonds. The third-order valence-electron chi connectivity index (χ3n) is 3.12. The zero-order chi connectivity index (χ0) is 16.8. The molecule has 0 radical (unpaired) electrons. The van der Waals surface area contributed by atoms with Gasteiger partial charge in [0, 0.05) is 5.39 Å². The maximum atomic E-state index is 11.6. The topological polar surface area (TPSA) is 98.0 Å². The van der Waals surface area contributed by atoms with Gasteiger partial charge in [0.2, 0.25) is 5.76 Å². The number of aliphatic hydroxyl groups is 1. The molecular formula is C16H19NO6. The van der Waals surface area contributed by atoms with Crippen molar-refractivity contribution in [2.75, 3.05) is 19.8 Å². The minimum atomic E-state index is -0.898. The minimum Gasteiger partial charge on any atom is -0.460 e. The van der Waals surface area contributed by atoms with Crippen LogP contribution in [-0.4, -0.2) is 36.9 Å². The van der Waals surface area contributed by atoms with Crippen LogP contribution >= 0.6 is 0 Å². The van der Waals surface area contributed by atoms with Crippen molar-refractivity contribution in [1.82, 2.24) is 5.32 Å². The van der Waals surface area contributed by atoms with E-state index >= 15 is 0 Å². The van der Waals surface area contributed by atoms with Crippen LogP contribution in [0.1, 0.15) is 36.1 Å². The number of rotatable bonds is 6. The van der Waals surface area contributed by atoms with Gasteiger partial charge in [-0.05, 0) is 37.6 Å². The Bertz CT molecular complexity index is 693. The Morgan fingerprint density at radius 3 is 2.65 bits per heavy atom. The number of esters is 1. The summed E-state index contributed by atoms with van der Waals surface area (Å²) in [5.41, 5.74) is 1.10. The van der Waals surface area contributed by atoms with Crippen LogP contribution in [0.25, 0.3) is 11.0 Å². The van der Waals surface area contributed by atoms with Crippen molar-refractivity contribution in [3.05, 3.63) is 35.6 Å². The SMILES string of the molecule is CCOC(=O)NCC(O)c1ccc2oc(C(=O)OCC)cc2c1. The predicted octanol–water partition coefficient (Wildman–Crippen LogP) is 2.39. The summed E-state index contributed by atoms with van der Waals surface area (Å²) >= 11 is 0. The fraction of sp³-hybridized carbons (Fsp3) is 0.375. The highest BCUT2D eigenvalue weighted by molar-refractivity contribution is 5.92. The van der Waals surface area contributed by atoms with E-state index in [1.54, 1.807) is 38.1 Å². The summed E-state index contributed by atoms with van der Waals surface area (Å²) in [6.45, 7) is 3.96. The molecular weight excluding hydrogens is 302 g/mol. The lowest BCUT2D eigenvalue weighted by molar-refractivity contribution is 0.0492. The normalized spacial score (nSPS) is 12.0. The molecule has 0 aliphatic heterocycles. The Morgan fingerprint density at radius 1 is 1.22 bits per heavy atom. The maximum Gasteiger partial charge on any atom is 0.407 e. The van der Waals surface area contributed by atoms with Crippen molar-refractivity contribution in [2.45, 2.75) is 20.0 Å². The van der Waals surface area contributed by atoms with Gasteiger partial charge in [0.05, 0.1) is 25.9 Å². The molecule has 0 spiro atoms. The monoisotopic (exact) mass is 321 g/mol. The molecule has 1 aromatic carbocycles. The van der Waals surface area contributed by atoms with Crippen molar-refractivity contribution in [2.24, 2.45) is 0 Å². The summed E-state index contributed by atoms with van der Waals surface area (Å²) < 4.78 is 15.0. The zero-order valence-electron chi connectivity index (χ0n) is 13.0. The van der Waals surface area contributed by atoms with E-state index in [1.807, 2.05) is 0 Å². The molecule has 0 bridgehead atoms. The molecule has 7 heteroatoms. The number of carbonyl (C=O) groups excluding carboxylic acids is 2. The number of hydrogen-bond donors (Lipinski definition) is 2. The lowest BCUT2D eigenvalue weighted by Gasteiger charge is -2.12. The van der Waals surface area contributed by atoms with Gasteiger partial charge in [0.15, 0.2) is 0 Å². The molecule has 0 saturated heterocycles. The molecule has 7 nitrogen and oxygen atoms in total. The number of benzene rings is 1. The van der Waals surface area contributed by atoms with Crippen LogP contribution < -0.4 is 5.32 Å². The molecule has 1 atom stereocenters. The van der Waals surface area contributed by atoms with Crippen LogP contribution in [-0.2, 0) is 9.47 Å². The number of amides is 1. The Hall–Kier alpha value is -2.54. The van der Waals surface area contributed by atoms with E-state index in [4.69, 9.17) is 13.9 Å². The van der Waals surface area contributed by atoms with Crippen molar-refractivity contribution in [3.8, 4) is 0 Å². The Kier molecular flexibility index (Phi) is 5.59. The van der Waals surface area contributed by atoms with Crippen LogP contribution in [0.3, 0.4) is 0 Å². The first-order valence-electron chi connectivity index (χ1n) is 7.34. The Morgan fingerprint density at radius 2 is 1.96 bits per heavy atom. The van der Waals surface area contributed by atoms with Gasteiger partial charge in [-0.15, -0.1) is 0 Å². The predicted molar refractivity (Wildman–Crippen MR) is 82.2 cm³/mol. The van der Waals surface area contributed by atoms with Crippen LogP contribution in [0.5, 0.6) is 0 Å². The van der Waals surface area contributed by atoms with E-state index in [2.05, 4.69) is 5.32 Å². The molecule has 1 heterocycles. The van der Waals surface area contributed by atoms with E-state index in [0.29, 0.717) is 16.5 Å². The number of carbonyl (C=O) groups is 2. The van der Waals surface area contributed by atoms with Gasteiger partial charge in [-0.25, -0.2) is 9.59 Å². The molecule has 0 saturated carbocycles. The smallest absolute Gasteiger partial charge is 0.407 e. The summed E-state index contributed by atoms with van der Waals surface area (Å²) in [6, 6.07) is 6.57. The Balaban J connectivity index is 2.10. The number of nitrogens with one attached hydrogen (secondary N) is 1. The molecule has 0 aliphatic carbocycles. The van der Waals surface area contributed by atoms with Crippen LogP contribution in [0.4, 0.5) is 4.79 Å². The van der Waals surface area contributed by atoms with Gasteiger partial charge >= 0.3 is 12.1 Å². The summed E-state index contributed by atoms with van der Waals surface area (Å²) in [4.78, 5) is 22.9. The lowest BCUT2D eigenvalue weighted by Crippen LogP contribution is -2.28. The standard InChI is InChI=1S/C16H19NO6/c1-3-21-15(19)14-8-11-7-10(5-6-13(11)23-14)12(18)9-17-16(20)22-4-2/h5-8,12,18H,3-4,9H2,1-2H3,(H,17,20). The molecule has 1 aromatic heterocycles. The summed E-state index contributed by atoms with van der Waals surface area (Å²) in [7, 11) is 0. The summed E-state index contributed by atoms with van der Waals surface area (Å²) in [5, 5.41) is 13.2. The van der Waals surface area contributed by atoms with Crippen molar-refractivity contribution >= 4 is 23.0 Å². The average Bonchev–Trinajstić information content (AvgIpc) is 2.96. The second kappa shape index (κ2) is 7.64. The van der Waals surface area contributed by atoms with Crippen molar-refractivity contribution in [1.29, 1.82) is 0 Å². The molecule has 2 N–H and O–H groups in total. The molecule has 0 aliphatic rings. The van der Waals surface area contributed by atoms with Gasteiger partial charge in [-0.3, -0.25) is 0 Å². The average molecular weight is 321 g/mol. The fourth-order valence-electron chi connectivity index (χ4n) is 2.05.